The van der Waals surface area contributed by atoms with Gasteiger partial charge in [0.15, 0.2) is 0 Å². The molecule has 3 rings (SSSR count). The van der Waals surface area contributed by atoms with Crippen molar-refractivity contribution in [2.24, 2.45) is 0 Å². The van der Waals surface area contributed by atoms with Gasteiger partial charge in [0.05, 0.1) is 17.8 Å². The smallest absolute Gasteiger partial charge is 0.136 e. The molecular weight excluding hydrogens is 224 g/mol. The molecule has 2 heterocycles. The fourth-order valence-corrected chi connectivity index (χ4v) is 2.41. The van der Waals surface area contributed by atoms with Crippen molar-refractivity contribution in [2.45, 2.75) is 26.0 Å². The Balaban J connectivity index is 2.02. The first-order valence-electron chi connectivity index (χ1n) is 6.62. The minimum absolute atomic E-state index is 0.00538. The van der Waals surface area contributed by atoms with Gasteiger partial charge in [-0.05, 0) is 25.1 Å². The lowest BCUT2D eigenvalue weighted by atomic mass is 10.0. The molecule has 0 aliphatic carbocycles. The number of hydrogen-bond acceptors (Lipinski definition) is 3. The maximum atomic E-state index is 5.80. The van der Waals surface area contributed by atoms with Crippen LogP contribution in [0.3, 0.4) is 0 Å². The standard InChI is InChI=1S/C15H18N2O/c1-2-8-16-15-12-10-11-5-3-4-6-13(11)17-14(12)7-9-18-15/h3-6,10,15-16H,2,7-9H2,1H3. The van der Waals surface area contributed by atoms with E-state index in [1.54, 1.807) is 0 Å². The summed E-state index contributed by atoms with van der Waals surface area (Å²) in [6, 6.07) is 10.5. The van der Waals surface area contributed by atoms with E-state index in [1.807, 2.05) is 6.07 Å². The number of rotatable bonds is 3. The maximum Gasteiger partial charge on any atom is 0.136 e. The number of aromatic nitrogens is 1. The molecule has 3 nitrogen and oxygen atoms in total. The second kappa shape index (κ2) is 5.04. The highest BCUT2D eigenvalue weighted by Crippen LogP contribution is 2.27. The predicted molar refractivity (Wildman–Crippen MR) is 72.4 cm³/mol. The van der Waals surface area contributed by atoms with Gasteiger partial charge in [-0.2, -0.15) is 0 Å². The average Bonchev–Trinajstić information content (AvgIpc) is 2.43. The fourth-order valence-electron chi connectivity index (χ4n) is 2.41. The van der Waals surface area contributed by atoms with Crippen LogP contribution < -0.4 is 5.32 Å². The minimum Gasteiger partial charge on any atom is -0.359 e. The summed E-state index contributed by atoms with van der Waals surface area (Å²) in [5.41, 5.74) is 3.45. The lowest BCUT2D eigenvalue weighted by Crippen LogP contribution is -2.30. The van der Waals surface area contributed by atoms with E-state index in [4.69, 9.17) is 9.72 Å². The van der Waals surface area contributed by atoms with Crippen molar-refractivity contribution in [1.29, 1.82) is 0 Å². The Morgan fingerprint density at radius 3 is 3.17 bits per heavy atom. The van der Waals surface area contributed by atoms with E-state index < -0.39 is 0 Å². The molecule has 3 heteroatoms. The van der Waals surface area contributed by atoms with Crippen LogP contribution in [0.1, 0.15) is 30.8 Å². The molecule has 0 amide bonds. The molecule has 1 aliphatic rings. The highest BCUT2D eigenvalue weighted by Gasteiger charge is 2.21. The molecule has 1 aliphatic heterocycles. The number of fused-ring (bicyclic) bond motifs is 2. The van der Waals surface area contributed by atoms with Crippen LogP contribution in [-0.2, 0) is 11.2 Å². The molecule has 1 N–H and O–H groups in total. The zero-order valence-corrected chi connectivity index (χ0v) is 10.6. The van der Waals surface area contributed by atoms with Crippen molar-refractivity contribution in [3.8, 4) is 0 Å². The van der Waals surface area contributed by atoms with Crippen LogP contribution in [0, 0.1) is 0 Å². The van der Waals surface area contributed by atoms with E-state index >= 15 is 0 Å². The third-order valence-corrected chi connectivity index (χ3v) is 3.32. The Kier molecular flexibility index (Phi) is 3.26. The highest BCUT2D eigenvalue weighted by atomic mass is 16.5. The van der Waals surface area contributed by atoms with E-state index in [0.717, 1.165) is 31.5 Å². The number of ether oxygens (including phenoxy) is 1. The molecule has 0 bridgehead atoms. The van der Waals surface area contributed by atoms with Crippen molar-refractivity contribution < 1.29 is 4.74 Å². The van der Waals surface area contributed by atoms with Crippen molar-refractivity contribution in [3.05, 3.63) is 41.6 Å². The van der Waals surface area contributed by atoms with Crippen LogP contribution >= 0.6 is 0 Å². The average molecular weight is 242 g/mol. The second-order valence-corrected chi connectivity index (χ2v) is 4.67. The Bertz CT molecular complexity index is 553. The summed E-state index contributed by atoms with van der Waals surface area (Å²) in [5.74, 6) is 0. The Morgan fingerprint density at radius 2 is 2.28 bits per heavy atom. The Labute approximate surface area is 107 Å². The molecule has 94 valence electrons. The largest absolute Gasteiger partial charge is 0.359 e. The summed E-state index contributed by atoms with van der Waals surface area (Å²) in [6.07, 6.45) is 2.02. The van der Waals surface area contributed by atoms with Crippen LogP contribution in [-0.4, -0.2) is 18.1 Å². The van der Waals surface area contributed by atoms with Gasteiger partial charge in [-0.3, -0.25) is 10.3 Å². The zero-order valence-electron chi connectivity index (χ0n) is 10.6. The van der Waals surface area contributed by atoms with Crippen LogP contribution in [0.5, 0.6) is 0 Å². The lowest BCUT2D eigenvalue weighted by Gasteiger charge is -2.26. The van der Waals surface area contributed by atoms with Crippen LogP contribution in [0.2, 0.25) is 0 Å². The van der Waals surface area contributed by atoms with Crippen molar-refractivity contribution in [1.82, 2.24) is 10.3 Å². The van der Waals surface area contributed by atoms with Gasteiger partial charge in [0.1, 0.15) is 6.23 Å². The minimum atomic E-state index is 0.00538. The van der Waals surface area contributed by atoms with E-state index in [2.05, 4.69) is 36.5 Å². The second-order valence-electron chi connectivity index (χ2n) is 4.67. The van der Waals surface area contributed by atoms with E-state index in [-0.39, 0.29) is 6.23 Å². The van der Waals surface area contributed by atoms with Crippen molar-refractivity contribution in [2.75, 3.05) is 13.2 Å². The van der Waals surface area contributed by atoms with E-state index in [0.29, 0.717) is 0 Å². The topological polar surface area (TPSA) is 34.1 Å². The van der Waals surface area contributed by atoms with Gasteiger partial charge >= 0.3 is 0 Å². The molecule has 18 heavy (non-hydrogen) atoms. The molecule has 0 fully saturated rings. The Morgan fingerprint density at radius 1 is 1.39 bits per heavy atom. The monoisotopic (exact) mass is 242 g/mol. The lowest BCUT2D eigenvalue weighted by molar-refractivity contribution is 0.0179. The van der Waals surface area contributed by atoms with Gasteiger partial charge < -0.3 is 4.74 Å². The summed E-state index contributed by atoms with van der Waals surface area (Å²) >= 11 is 0. The fraction of sp³-hybridized carbons (Fsp3) is 0.400. The molecule has 2 aromatic rings. The molecule has 1 aromatic heterocycles. The summed E-state index contributed by atoms with van der Waals surface area (Å²) in [7, 11) is 0. The van der Waals surface area contributed by atoms with Gasteiger partial charge in [0.25, 0.3) is 0 Å². The summed E-state index contributed by atoms with van der Waals surface area (Å²) in [5, 5.41) is 4.62. The van der Waals surface area contributed by atoms with Gasteiger partial charge in [-0.15, -0.1) is 0 Å². The third-order valence-electron chi connectivity index (χ3n) is 3.32. The molecule has 0 saturated heterocycles. The zero-order chi connectivity index (χ0) is 12.4. The number of nitrogens with zero attached hydrogens (tertiary/aromatic N) is 1. The SMILES string of the molecule is CCCNC1OCCc2nc3ccccc3cc21. The summed E-state index contributed by atoms with van der Waals surface area (Å²) < 4.78 is 5.80. The molecule has 1 atom stereocenters. The highest BCUT2D eigenvalue weighted by molar-refractivity contribution is 5.79. The van der Waals surface area contributed by atoms with Gasteiger partial charge in [-0.1, -0.05) is 25.1 Å². The first kappa shape index (κ1) is 11.6. The summed E-state index contributed by atoms with van der Waals surface area (Å²) in [6.45, 7) is 3.88. The maximum absolute atomic E-state index is 5.80. The quantitative estimate of drug-likeness (QED) is 0.898. The number of hydrogen-bond donors (Lipinski definition) is 1. The number of para-hydroxylation sites is 1. The molecule has 1 unspecified atom stereocenters. The third kappa shape index (κ3) is 2.11. The molecule has 0 spiro atoms. The molecular formula is C15H18N2O. The van der Waals surface area contributed by atoms with Gasteiger partial charge in [0, 0.05) is 17.4 Å². The first-order valence-corrected chi connectivity index (χ1v) is 6.62. The first-order chi connectivity index (χ1) is 8.88. The normalized spacial score (nSPS) is 18.8. The predicted octanol–water partition coefficient (Wildman–Crippen LogP) is 2.81. The molecule has 0 radical (unpaired) electrons. The van der Waals surface area contributed by atoms with Crippen LogP contribution in [0.4, 0.5) is 0 Å². The number of nitrogens with one attached hydrogen (secondary N) is 1. The summed E-state index contributed by atoms with van der Waals surface area (Å²) in [4.78, 5) is 4.75. The van der Waals surface area contributed by atoms with E-state index in [1.165, 1.54) is 16.6 Å². The van der Waals surface area contributed by atoms with E-state index in [9.17, 15) is 0 Å². The number of pyridine rings is 1. The van der Waals surface area contributed by atoms with Crippen molar-refractivity contribution >= 4 is 10.9 Å². The van der Waals surface area contributed by atoms with Gasteiger partial charge in [-0.25, -0.2) is 0 Å². The van der Waals surface area contributed by atoms with Gasteiger partial charge in [0.2, 0.25) is 0 Å². The van der Waals surface area contributed by atoms with Crippen molar-refractivity contribution in [3.63, 3.8) is 0 Å². The number of benzene rings is 1. The Hall–Kier alpha value is -1.45. The molecule has 1 aromatic carbocycles. The molecule has 0 saturated carbocycles. The van der Waals surface area contributed by atoms with Crippen LogP contribution in [0.15, 0.2) is 30.3 Å². The van der Waals surface area contributed by atoms with Crippen LogP contribution in [0.25, 0.3) is 10.9 Å².